The van der Waals surface area contributed by atoms with E-state index in [4.69, 9.17) is 5.73 Å². The van der Waals surface area contributed by atoms with Gasteiger partial charge in [0.05, 0.1) is 5.52 Å². The number of hydrogen-bond donors (Lipinski definition) is 1. The van der Waals surface area contributed by atoms with Gasteiger partial charge in [-0.3, -0.25) is 4.98 Å². The number of fused-ring (bicyclic) bond motifs is 1. The Morgan fingerprint density at radius 2 is 2.24 bits per heavy atom. The van der Waals surface area contributed by atoms with Gasteiger partial charge in [0.1, 0.15) is 0 Å². The highest BCUT2D eigenvalue weighted by atomic mass is 14.8. The molecule has 0 bridgehead atoms. The summed E-state index contributed by atoms with van der Waals surface area (Å²) in [6, 6.07) is 10.5. The first-order chi connectivity index (χ1) is 8.17. The zero-order chi connectivity index (χ0) is 11.9. The van der Waals surface area contributed by atoms with Crippen LogP contribution in [0.4, 0.5) is 0 Å². The van der Waals surface area contributed by atoms with E-state index in [1.807, 2.05) is 12.3 Å². The van der Waals surface area contributed by atoms with Gasteiger partial charge in [-0.1, -0.05) is 19.1 Å². The van der Waals surface area contributed by atoms with Gasteiger partial charge in [0.25, 0.3) is 0 Å². The lowest BCUT2D eigenvalue weighted by molar-refractivity contribution is 0.441. The molecule has 1 aromatic carbocycles. The van der Waals surface area contributed by atoms with Crippen molar-refractivity contribution in [2.24, 2.45) is 11.7 Å². The normalized spacial score (nSPS) is 28.7. The molecule has 2 nitrogen and oxygen atoms in total. The standard InChI is InChI=1S/C15H18N2/c1-11-6-7-15(16,10-11)13-4-5-14-12(9-13)3-2-8-17-14/h2-5,8-9,11H,6-7,10,16H2,1H3. The van der Waals surface area contributed by atoms with Crippen LogP contribution in [0.3, 0.4) is 0 Å². The lowest BCUT2D eigenvalue weighted by atomic mass is 9.88. The van der Waals surface area contributed by atoms with E-state index in [-0.39, 0.29) is 5.54 Å². The molecule has 0 spiro atoms. The molecule has 1 heterocycles. The highest BCUT2D eigenvalue weighted by Crippen LogP contribution is 2.40. The zero-order valence-electron chi connectivity index (χ0n) is 10.2. The molecule has 88 valence electrons. The van der Waals surface area contributed by atoms with Gasteiger partial charge in [0.15, 0.2) is 0 Å². The van der Waals surface area contributed by atoms with Crippen molar-refractivity contribution in [3.05, 3.63) is 42.1 Å². The van der Waals surface area contributed by atoms with Gasteiger partial charge >= 0.3 is 0 Å². The van der Waals surface area contributed by atoms with Crippen LogP contribution in [0.2, 0.25) is 0 Å². The Morgan fingerprint density at radius 3 is 3.00 bits per heavy atom. The van der Waals surface area contributed by atoms with E-state index in [9.17, 15) is 0 Å². The lowest BCUT2D eigenvalue weighted by Crippen LogP contribution is -2.33. The minimum Gasteiger partial charge on any atom is -0.321 e. The Balaban J connectivity index is 2.06. The van der Waals surface area contributed by atoms with Crippen molar-refractivity contribution in [1.29, 1.82) is 0 Å². The Kier molecular flexibility index (Phi) is 2.40. The quantitative estimate of drug-likeness (QED) is 0.811. The Morgan fingerprint density at radius 1 is 1.35 bits per heavy atom. The largest absolute Gasteiger partial charge is 0.321 e. The maximum absolute atomic E-state index is 6.54. The predicted molar refractivity (Wildman–Crippen MR) is 70.6 cm³/mol. The first kappa shape index (κ1) is 10.7. The predicted octanol–water partition coefficient (Wildman–Crippen LogP) is 3.21. The number of nitrogens with two attached hydrogens (primary N) is 1. The van der Waals surface area contributed by atoms with E-state index >= 15 is 0 Å². The number of pyridine rings is 1. The number of hydrogen-bond acceptors (Lipinski definition) is 2. The topological polar surface area (TPSA) is 38.9 Å². The second-order valence-electron chi connectivity index (χ2n) is 5.41. The van der Waals surface area contributed by atoms with E-state index in [1.165, 1.54) is 17.4 Å². The lowest BCUT2D eigenvalue weighted by Gasteiger charge is -2.25. The van der Waals surface area contributed by atoms with Crippen LogP contribution >= 0.6 is 0 Å². The Hall–Kier alpha value is -1.41. The van der Waals surface area contributed by atoms with Gasteiger partial charge in [-0.25, -0.2) is 0 Å². The third kappa shape index (κ3) is 1.83. The Labute approximate surface area is 102 Å². The molecular formula is C15H18N2. The van der Waals surface area contributed by atoms with Gasteiger partial charge in [0, 0.05) is 17.1 Å². The van der Waals surface area contributed by atoms with Crippen LogP contribution < -0.4 is 5.73 Å². The molecule has 1 saturated carbocycles. The van der Waals surface area contributed by atoms with E-state index in [0.717, 1.165) is 24.3 Å². The molecule has 0 saturated heterocycles. The van der Waals surface area contributed by atoms with Crippen molar-refractivity contribution in [2.75, 3.05) is 0 Å². The van der Waals surface area contributed by atoms with Gasteiger partial charge < -0.3 is 5.73 Å². The maximum Gasteiger partial charge on any atom is 0.0702 e. The average molecular weight is 226 g/mol. The molecule has 2 unspecified atom stereocenters. The highest BCUT2D eigenvalue weighted by Gasteiger charge is 2.35. The molecule has 0 radical (unpaired) electrons. The fourth-order valence-corrected chi connectivity index (χ4v) is 2.98. The zero-order valence-corrected chi connectivity index (χ0v) is 10.2. The number of rotatable bonds is 1. The minimum absolute atomic E-state index is 0.122. The fourth-order valence-electron chi connectivity index (χ4n) is 2.98. The summed E-state index contributed by atoms with van der Waals surface area (Å²) in [6.45, 7) is 2.29. The van der Waals surface area contributed by atoms with E-state index in [1.54, 1.807) is 0 Å². The van der Waals surface area contributed by atoms with Crippen LogP contribution in [0.25, 0.3) is 10.9 Å². The van der Waals surface area contributed by atoms with Crippen molar-refractivity contribution >= 4 is 10.9 Å². The third-order valence-electron chi connectivity index (χ3n) is 3.97. The van der Waals surface area contributed by atoms with Crippen molar-refractivity contribution in [1.82, 2.24) is 4.98 Å². The molecule has 1 aliphatic rings. The first-order valence-electron chi connectivity index (χ1n) is 6.31. The molecule has 2 heteroatoms. The van der Waals surface area contributed by atoms with Crippen molar-refractivity contribution in [2.45, 2.75) is 31.7 Å². The SMILES string of the molecule is CC1CCC(N)(c2ccc3ncccc3c2)C1. The third-order valence-corrected chi connectivity index (χ3v) is 3.97. The first-order valence-corrected chi connectivity index (χ1v) is 6.31. The summed E-state index contributed by atoms with van der Waals surface area (Å²) in [5, 5.41) is 1.19. The number of benzene rings is 1. The van der Waals surface area contributed by atoms with E-state index in [2.05, 4.69) is 36.2 Å². The van der Waals surface area contributed by atoms with E-state index < -0.39 is 0 Å². The minimum atomic E-state index is -0.122. The molecule has 2 aromatic rings. The van der Waals surface area contributed by atoms with Gasteiger partial charge in [-0.15, -0.1) is 0 Å². The molecule has 1 fully saturated rings. The molecular weight excluding hydrogens is 208 g/mol. The highest BCUT2D eigenvalue weighted by molar-refractivity contribution is 5.79. The molecule has 2 N–H and O–H groups in total. The molecule has 3 rings (SSSR count). The summed E-state index contributed by atoms with van der Waals surface area (Å²) in [6.07, 6.45) is 5.26. The maximum atomic E-state index is 6.54. The van der Waals surface area contributed by atoms with Crippen molar-refractivity contribution in [3.63, 3.8) is 0 Å². The van der Waals surface area contributed by atoms with Crippen molar-refractivity contribution < 1.29 is 0 Å². The molecule has 0 aliphatic heterocycles. The van der Waals surface area contributed by atoms with Crippen LogP contribution in [0.1, 0.15) is 31.7 Å². The molecule has 0 amide bonds. The molecule has 2 atom stereocenters. The van der Waals surface area contributed by atoms with Crippen LogP contribution in [0, 0.1) is 5.92 Å². The van der Waals surface area contributed by atoms with Gasteiger partial charge in [-0.2, -0.15) is 0 Å². The second-order valence-corrected chi connectivity index (χ2v) is 5.41. The van der Waals surface area contributed by atoms with Crippen LogP contribution in [0.15, 0.2) is 36.5 Å². The molecule has 1 aliphatic carbocycles. The Bertz CT molecular complexity index is 549. The van der Waals surface area contributed by atoms with Gasteiger partial charge in [-0.05, 0) is 48.9 Å². The van der Waals surface area contributed by atoms with Gasteiger partial charge in [0.2, 0.25) is 0 Å². The van der Waals surface area contributed by atoms with Crippen molar-refractivity contribution in [3.8, 4) is 0 Å². The van der Waals surface area contributed by atoms with Crippen LogP contribution in [0.5, 0.6) is 0 Å². The average Bonchev–Trinajstić information content (AvgIpc) is 2.70. The summed E-state index contributed by atoms with van der Waals surface area (Å²) >= 11 is 0. The van der Waals surface area contributed by atoms with Crippen LogP contribution in [-0.4, -0.2) is 4.98 Å². The summed E-state index contributed by atoms with van der Waals surface area (Å²) in [5.41, 5.74) is 8.73. The monoisotopic (exact) mass is 226 g/mol. The fraction of sp³-hybridized carbons (Fsp3) is 0.400. The molecule has 1 aromatic heterocycles. The summed E-state index contributed by atoms with van der Waals surface area (Å²) in [7, 11) is 0. The number of aromatic nitrogens is 1. The van der Waals surface area contributed by atoms with E-state index in [0.29, 0.717) is 0 Å². The second kappa shape index (κ2) is 3.81. The number of nitrogens with zero attached hydrogens (tertiary/aromatic N) is 1. The molecule has 17 heavy (non-hydrogen) atoms. The smallest absolute Gasteiger partial charge is 0.0702 e. The summed E-state index contributed by atoms with van der Waals surface area (Å²) in [4.78, 5) is 4.35. The summed E-state index contributed by atoms with van der Waals surface area (Å²) in [5.74, 6) is 0.740. The van der Waals surface area contributed by atoms with Crippen LogP contribution in [-0.2, 0) is 5.54 Å². The summed E-state index contributed by atoms with van der Waals surface area (Å²) < 4.78 is 0.